The van der Waals surface area contributed by atoms with Crippen LogP contribution in [0.15, 0.2) is 18.2 Å². The quantitative estimate of drug-likeness (QED) is 0.538. The Bertz CT molecular complexity index is 560. The molecule has 0 atom stereocenters. The molecule has 0 saturated carbocycles. The first-order valence-corrected chi connectivity index (χ1v) is 7.61. The third-order valence-corrected chi connectivity index (χ3v) is 3.35. The first-order chi connectivity index (χ1) is 11.0. The molecule has 2 N–H and O–H groups in total. The van der Waals surface area contributed by atoms with Gasteiger partial charge in [-0.1, -0.05) is 6.07 Å². The van der Waals surface area contributed by atoms with Gasteiger partial charge in [0.25, 0.3) is 0 Å². The summed E-state index contributed by atoms with van der Waals surface area (Å²) in [6.45, 7) is 2.05. The average Bonchev–Trinajstić information content (AvgIpc) is 2.97. The monoisotopic (exact) mass is 321 g/mol. The molecule has 0 fully saturated rings. The van der Waals surface area contributed by atoms with Crippen LogP contribution in [-0.2, 0) is 16.1 Å². The fourth-order valence-electron chi connectivity index (χ4n) is 2.15. The van der Waals surface area contributed by atoms with Crippen LogP contribution in [0.1, 0.15) is 18.4 Å². The highest BCUT2D eigenvalue weighted by molar-refractivity contribution is 5.96. The van der Waals surface area contributed by atoms with Crippen LogP contribution in [-0.4, -0.2) is 50.7 Å². The highest BCUT2D eigenvalue weighted by Crippen LogP contribution is 2.32. The van der Waals surface area contributed by atoms with E-state index in [1.807, 2.05) is 31.1 Å². The Morgan fingerprint density at radius 3 is 2.65 bits per heavy atom. The van der Waals surface area contributed by atoms with Crippen LogP contribution in [0.5, 0.6) is 11.5 Å². The second kappa shape index (κ2) is 8.38. The van der Waals surface area contributed by atoms with Crippen molar-refractivity contribution in [2.24, 2.45) is 0 Å². The number of nitrogens with zero attached hydrogens (tertiary/aromatic N) is 1. The largest absolute Gasteiger partial charge is 0.454 e. The minimum atomic E-state index is -0.298. The summed E-state index contributed by atoms with van der Waals surface area (Å²) in [6, 6.07) is 5.49. The molecule has 0 aromatic heterocycles. The molecule has 2 amide bonds. The fourth-order valence-corrected chi connectivity index (χ4v) is 2.15. The molecule has 0 bridgehead atoms. The van der Waals surface area contributed by atoms with Crippen LogP contribution in [0, 0.1) is 0 Å². The van der Waals surface area contributed by atoms with Gasteiger partial charge in [-0.05, 0) is 44.8 Å². The number of hydrogen-bond donors (Lipinski definition) is 2. The van der Waals surface area contributed by atoms with Crippen molar-refractivity contribution in [1.82, 2.24) is 15.5 Å². The summed E-state index contributed by atoms with van der Waals surface area (Å²) in [7, 11) is 3.96. The van der Waals surface area contributed by atoms with Gasteiger partial charge < -0.3 is 25.0 Å². The summed E-state index contributed by atoms with van der Waals surface area (Å²) < 4.78 is 10.5. The van der Waals surface area contributed by atoms with E-state index in [0.29, 0.717) is 24.6 Å². The molecular formula is C16H23N3O4. The van der Waals surface area contributed by atoms with Crippen molar-refractivity contribution >= 4 is 11.8 Å². The number of hydrogen-bond acceptors (Lipinski definition) is 5. The molecule has 1 aromatic rings. The minimum Gasteiger partial charge on any atom is -0.454 e. The van der Waals surface area contributed by atoms with Gasteiger partial charge in [0, 0.05) is 13.1 Å². The highest BCUT2D eigenvalue weighted by Gasteiger charge is 2.14. The van der Waals surface area contributed by atoms with E-state index >= 15 is 0 Å². The van der Waals surface area contributed by atoms with Gasteiger partial charge in [0.05, 0.1) is 0 Å². The van der Waals surface area contributed by atoms with Gasteiger partial charge in [-0.25, -0.2) is 0 Å². The van der Waals surface area contributed by atoms with Gasteiger partial charge in [-0.15, -0.1) is 0 Å². The lowest BCUT2D eigenvalue weighted by atomic mass is 10.2. The van der Waals surface area contributed by atoms with E-state index in [0.717, 1.165) is 18.5 Å². The van der Waals surface area contributed by atoms with Gasteiger partial charge in [0.1, 0.15) is 6.42 Å². The Labute approximate surface area is 135 Å². The molecule has 7 nitrogen and oxygen atoms in total. The second-order valence-corrected chi connectivity index (χ2v) is 5.65. The lowest BCUT2D eigenvalue weighted by molar-refractivity contribution is -0.129. The van der Waals surface area contributed by atoms with Crippen molar-refractivity contribution in [3.05, 3.63) is 23.8 Å². The predicted octanol–water partition coefficient (Wildman–Crippen LogP) is 0.490. The summed E-state index contributed by atoms with van der Waals surface area (Å²) >= 11 is 0. The molecule has 126 valence electrons. The third-order valence-electron chi connectivity index (χ3n) is 3.35. The number of carbonyl (C=O) groups excluding carboxylic acids is 2. The number of carbonyl (C=O) groups is 2. The Hall–Kier alpha value is -2.28. The molecule has 0 aliphatic carbocycles. The fraction of sp³-hybridized carbons (Fsp3) is 0.500. The average molecular weight is 321 g/mol. The van der Waals surface area contributed by atoms with E-state index in [9.17, 15) is 9.59 Å². The number of amides is 2. The highest BCUT2D eigenvalue weighted by atomic mass is 16.7. The van der Waals surface area contributed by atoms with Crippen molar-refractivity contribution in [2.45, 2.75) is 19.4 Å². The van der Waals surface area contributed by atoms with Crippen LogP contribution in [0.3, 0.4) is 0 Å². The Morgan fingerprint density at radius 1 is 1.13 bits per heavy atom. The maximum Gasteiger partial charge on any atom is 0.231 e. The summed E-state index contributed by atoms with van der Waals surface area (Å²) in [5, 5.41) is 5.46. The molecule has 0 radical (unpaired) electrons. The molecule has 1 aliphatic heterocycles. The first kappa shape index (κ1) is 17.1. The molecule has 0 saturated heterocycles. The van der Waals surface area contributed by atoms with Gasteiger partial charge in [0.15, 0.2) is 11.5 Å². The van der Waals surface area contributed by atoms with E-state index in [1.54, 1.807) is 6.07 Å². The van der Waals surface area contributed by atoms with Crippen LogP contribution >= 0.6 is 0 Å². The summed E-state index contributed by atoms with van der Waals surface area (Å²) in [5.74, 6) is 0.826. The van der Waals surface area contributed by atoms with Crippen molar-refractivity contribution in [1.29, 1.82) is 0 Å². The molecule has 2 rings (SSSR count). The normalized spacial score (nSPS) is 12.3. The summed E-state index contributed by atoms with van der Waals surface area (Å²) in [6.07, 6.45) is 0.698. The number of benzene rings is 1. The molecule has 1 aromatic carbocycles. The molecule has 7 heteroatoms. The first-order valence-electron chi connectivity index (χ1n) is 7.61. The van der Waals surface area contributed by atoms with E-state index < -0.39 is 0 Å². The van der Waals surface area contributed by atoms with E-state index in [2.05, 4.69) is 10.6 Å². The zero-order valence-electron chi connectivity index (χ0n) is 13.6. The van der Waals surface area contributed by atoms with Gasteiger partial charge >= 0.3 is 0 Å². The molecule has 0 unspecified atom stereocenters. The van der Waals surface area contributed by atoms with Crippen molar-refractivity contribution in [2.75, 3.05) is 34.0 Å². The molecule has 0 spiro atoms. The molecular weight excluding hydrogens is 298 g/mol. The summed E-state index contributed by atoms with van der Waals surface area (Å²) in [4.78, 5) is 25.5. The van der Waals surface area contributed by atoms with Crippen molar-refractivity contribution in [3.63, 3.8) is 0 Å². The Morgan fingerprint density at radius 2 is 1.87 bits per heavy atom. The zero-order valence-corrected chi connectivity index (χ0v) is 13.6. The molecule has 1 heterocycles. The lowest BCUT2D eigenvalue weighted by Crippen LogP contribution is -2.33. The smallest absolute Gasteiger partial charge is 0.231 e. The predicted molar refractivity (Wildman–Crippen MR) is 85.2 cm³/mol. The second-order valence-electron chi connectivity index (χ2n) is 5.65. The van der Waals surface area contributed by atoms with Crippen LogP contribution < -0.4 is 20.1 Å². The number of ether oxygens (including phenoxy) is 2. The van der Waals surface area contributed by atoms with Gasteiger partial charge in [0.2, 0.25) is 18.6 Å². The number of nitrogens with one attached hydrogen (secondary N) is 2. The topological polar surface area (TPSA) is 79.9 Å². The van der Waals surface area contributed by atoms with Crippen molar-refractivity contribution < 1.29 is 19.1 Å². The van der Waals surface area contributed by atoms with Crippen molar-refractivity contribution in [3.8, 4) is 11.5 Å². The SMILES string of the molecule is CN(C)CCCNC(=O)CC(=O)NCc1ccc2c(c1)OCO2. The van der Waals surface area contributed by atoms with E-state index in [-0.39, 0.29) is 25.0 Å². The standard InChI is InChI=1S/C16H23N3O4/c1-19(2)7-3-6-17-15(20)9-16(21)18-10-12-4-5-13-14(8-12)23-11-22-13/h4-5,8H,3,6-7,9-11H2,1-2H3,(H,17,20)(H,18,21). The number of fused-ring (bicyclic) bond motifs is 1. The van der Waals surface area contributed by atoms with Crippen LogP contribution in [0.4, 0.5) is 0 Å². The maximum atomic E-state index is 11.8. The Balaban J connectivity index is 1.65. The Kier molecular flexibility index (Phi) is 6.22. The summed E-state index contributed by atoms with van der Waals surface area (Å²) in [5.41, 5.74) is 0.897. The van der Waals surface area contributed by atoms with Gasteiger partial charge in [-0.3, -0.25) is 9.59 Å². The van der Waals surface area contributed by atoms with Gasteiger partial charge in [-0.2, -0.15) is 0 Å². The minimum absolute atomic E-state index is 0.160. The molecule has 23 heavy (non-hydrogen) atoms. The lowest BCUT2D eigenvalue weighted by Gasteiger charge is -2.10. The van der Waals surface area contributed by atoms with Crippen LogP contribution in [0.25, 0.3) is 0 Å². The molecule has 1 aliphatic rings. The van der Waals surface area contributed by atoms with E-state index in [4.69, 9.17) is 9.47 Å². The van der Waals surface area contributed by atoms with E-state index in [1.165, 1.54) is 0 Å². The van der Waals surface area contributed by atoms with Crippen LogP contribution in [0.2, 0.25) is 0 Å². The zero-order chi connectivity index (χ0) is 16.7. The maximum absolute atomic E-state index is 11.8. The number of rotatable bonds is 8. The third kappa shape index (κ3) is 5.78.